The fourth-order valence-electron chi connectivity index (χ4n) is 10.4. The third kappa shape index (κ3) is 63.9. The molecule has 3 N–H and O–H groups in total. The van der Waals surface area contributed by atoms with E-state index >= 15 is 0 Å². The number of aliphatic hydroxyl groups excluding tert-OH is 1. The van der Waals surface area contributed by atoms with E-state index in [1.54, 1.807) is 6.08 Å². The summed E-state index contributed by atoms with van der Waals surface area (Å²) in [6.07, 6.45) is 82.7. The monoisotopic (exact) mass is 1130 g/mol. The molecular formula is C70H136N2O6P+. The van der Waals surface area contributed by atoms with Crippen LogP contribution in [0.4, 0.5) is 0 Å². The number of phosphoric ester groups is 1. The van der Waals surface area contributed by atoms with Crippen LogP contribution >= 0.6 is 7.82 Å². The normalized spacial score (nSPS) is 14.0. The van der Waals surface area contributed by atoms with Crippen molar-refractivity contribution < 1.29 is 32.9 Å². The molecule has 0 rings (SSSR count). The zero-order chi connectivity index (χ0) is 57.7. The van der Waals surface area contributed by atoms with E-state index in [2.05, 4.69) is 55.6 Å². The van der Waals surface area contributed by atoms with Crippen LogP contribution in [-0.4, -0.2) is 73.4 Å². The number of unbranched alkanes of at least 4 members (excludes halogenated alkanes) is 45. The number of hydrogen-bond donors (Lipinski definition) is 3. The molecule has 0 aliphatic carbocycles. The van der Waals surface area contributed by atoms with Crippen molar-refractivity contribution in [2.24, 2.45) is 0 Å². The van der Waals surface area contributed by atoms with E-state index in [4.69, 9.17) is 9.05 Å². The van der Waals surface area contributed by atoms with Gasteiger partial charge in [-0.2, -0.15) is 0 Å². The number of phosphoric acid groups is 1. The first kappa shape index (κ1) is 77.5. The standard InChI is InChI=1S/C70H135N2O6P/c1-6-8-10-12-14-16-18-20-22-24-26-28-29-30-31-32-33-34-35-36-37-38-39-40-41-42-43-44-46-48-50-52-54-56-58-60-62-64-70(74)71-68(67-78-79(75,76)77-66-65-72(3,4)5)69(73)63-61-59-57-55-53-51-49-47-45-27-25-23-21-19-17-15-13-11-9-7-2/h18,20,24,26,53,55,61,63,68-69,73H,6-17,19,21-23,25,27-52,54,56-60,62,64-67H2,1-5H3,(H-,71,74,75,76)/p+1/b20-18-,26-24-,55-53+,63-61+. The van der Waals surface area contributed by atoms with Crippen molar-refractivity contribution in [3.63, 3.8) is 0 Å². The molecule has 9 heteroatoms. The van der Waals surface area contributed by atoms with E-state index in [0.717, 1.165) is 44.9 Å². The molecule has 79 heavy (non-hydrogen) atoms. The highest BCUT2D eigenvalue weighted by Gasteiger charge is 2.28. The van der Waals surface area contributed by atoms with E-state index in [9.17, 15) is 19.4 Å². The van der Waals surface area contributed by atoms with E-state index in [1.165, 1.54) is 276 Å². The van der Waals surface area contributed by atoms with Gasteiger partial charge in [-0.25, -0.2) is 4.57 Å². The molecule has 466 valence electrons. The number of carbonyl (C=O) groups is 1. The van der Waals surface area contributed by atoms with Gasteiger partial charge in [0.1, 0.15) is 13.2 Å². The molecule has 0 radical (unpaired) electrons. The number of likely N-dealkylation sites (N-methyl/N-ethyl adjacent to an activating group) is 1. The Kier molecular flexibility index (Phi) is 59.8. The molecule has 0 aromatic heterocycles. The molecule has 3 unspecified atom stereocenters. The van der Waals surface area contributed by atoms with Gasteiger partial charge in [-0.05, 0) is 64.2 Å². The number of amides is 1. The molecule has 1 amide bonds. The molecule has 0 aromatic carbocycles. The minimum Gasteiger partial charge on any atom is -0.387 e. The van der Waals surface area contributed by atoms with Crippen molar-refractivity contribution in [3.05, 3.63) is 48.6 Å². The molecule has 0 bridgehead atoms. The van der Waals surface area contributed by atoms with E-state index in [-0.39, 0.29) is 19.1 Å². The van der Waals surface area contributed by atoms with Gasteiger partial charge in [-0.15, -0.1) is 0 Å². The zero-order valence-electron chi connectivity index (χ0n) is 53.4. The number of aliphatic hydroxyl groups is 1. The van der Waals surface area contributed by atoms with Gasteiger partial charge >= 0.3 is 7.82 Å². The first-order valence-corrected chi connectivity index (χ1v) is 36.0. The Morgan fingerprint density at radius 2 is 0.734 bits per heavy atom. The predicted octanol–water partition coefficient (Wildman–Crippen LogP) is 21.8. The minimum atomic E-state index is -4.36. The first-order chi connectivity index (χ1) is 38.5. The van der Waals surface area contributed by atoms with Gasteiger partial charge in [0.15, 0.2) is 0 Å². The third-order valence-electron chi connectivity index (χ3n) is 15.8. The fourth-order valence-corrected chi connectivity index (χ4v) is 11.1. The molecule has 0 saturated carbocycles. The van der Waals surface area contributed by atoms with Crippen LogP contribution < -0.4 is 5.32 Å². The average Bonchev–Trinajstić information content (AvgIpc) is 3.42. The van der Waals surface area contributed by atoms with Crippen molar-refractivity contribution in [3.8, 4) is 0 Å². The summed E-state index contributed by atoms with van der Waals surface area (Å²) in [7, 11) is 1.57. The molecule has 0 aliphatic rings. The van der Waals surface area contributed by atoms with Crippen LogP contribution in [0.1, 0.15) is 341 Å². The van der Waals surface area contributed by atoms with E-state index in [1.807, 2.05) is 27.2 Å². The maximum atomic E-state index is 13.0. The second-order valence-electron chi connectivity index (χ2n) is 24.9. The van der Waals surface area contributed by atoms with Gasteiger partial charge in [-0.1, -0.05) is 319 Å². The Morgan fingerprint density at radius 3 is 1.09 bits per heavy atom. The van der Waals surface area contributed by atoms with Crippen molar-refractivity contribution in [2.75, 3.05) is 40.9 Å². The van der Waals surface area contributed by atoms with Gasteiger partial charge in [0.2, 0.25) is 5.91 Å². The number of allylic oxidation sites excluding steroid dienone is 7. The highest BCUT2D eigenvalue weighted by atomic mass is 31.2. The predicted molar refractivity (Wildman–Crippen MR) is 346 cm³/mol. The van der Waals surface area contributed by atoms with Crippen LogP contribution in [0.3, 0.4) is 0 Å². The minimum absolute atomic E-state index is 0.0576. The maximum Gasteiger partial charge on any atom is 0.472 e. The van der Waals surface area contributed by atoms with Crippen LogP contribution in [0.25, 0.3) is 0 Å². The van der Waals surface area contributed by atoms with Gasteiger partial charge < -0.3 is 19.8 Å². The Bertz CT molecular complexity index is 1430. The molecule has 3 atom stereocenters. The van der Waals surface area contributed by atoms with Gasteiger partial charge in [0.25, 0.3) is 0 Å². The maximum absolute atomic E-state index is 13.0. The summed E-state index contributed by atoms with van der Waals surface area (Å²) in [5, 5.41) is 14.0. The molecule has 0 saturated heterocycles. The van der Waals surface area contributed by atoms with Crippen molar-refractivity contribution in [1.29, 1.82) is 0 Å². The van der Waals surface area contributed by atoms with Crippen molar-refractivity contribution >= 4 is 13.7 Å². The SMILES string of the molecule is CCCCCCC/C=C\C/C=C\CCCCCCCCCCCCCCCCCCCCCCCCCCCC(=O)NC(COP(=O)(O)OCC[N+](C)(C)C)C(O)/C=C/CC/C=C/CCCCCCCCCCCCCCCC. The quantitative estimate of drug-likeness (QED) is 0.0243. The number of nitrogens with zero attached hydrogens (tertiary/aromatic N) is 1. The van der Waals surface area contributed by atoms with Crippen molar-refractivity contribution in [1.82, 2.24) is 5.32 Å². The topological polar surface area (TPSA) is 105 Å². The largest absolute Gasteiger partial charge is 0.472 e. The lowest BCUT2D eigenvalue weighted by Gasteiger charge is -2.25. The highest BCUT2D eigenvalue weighted by molar-refractivity contribution is 7.47. The number of hydrogen-bond acceptors (Lipinski definition) is 5. The van der Waals surface area contributed by atoms with Crippen LogP contribution in [-0.2, 0) is 18.4 Å². The fraction of sp³-hybridized carbons (Fsp3) is 0.871. The lowest BCUT2D eigenvalue weighted by molar-refractivity contribution is -0.870. The van der Waals surface area contributed by atoms with Crippen LogP contribution in [0, 0.1) is 0 Å². The Balaban J connectivity index is 3.99. The Labute approximate surface area is 492 Å². The lowest BCUT2D eigenvalue weighted by Crippen LogP contribution is -2.45. The van der Waals surface area contributed by atoms with Crippen LogP contribution in [0.2, 0.25) is 0 Å². The Hall–Kier alpha value is -1.54. The summed E-state index contributed by atoms with van der Waals surface area (Å²) in [4.78, 5) is 23.4. The second kappa shape index (κ2) is 61.0. The number of quaternary nitrogens is 1. The summed E-state index contributed by atoms with van der Waals surface area (Å²) < 4.78 is 23.8. The zero-order valence-corrected chi connectivity index (χ0v) is 54.3. The van der Waals surface area contributed by atoms with Gasteiger partial charge in [0.05, 0.1) is 39.9 Å². The van der Waals surface area contributed by atoms with Gasteiger partial charge in [0, 0.05) is 6.42 Å². The highest BCUT2D eigenvalue weighted by Crippen LogP contribution is 2.43. The molecule has 0 heterocycles. The first-order valence-electron chi connectivity index (χ1n) is 34.5. The molecule has 8 nitrogen and oxygen atoms in total. The summed E-state index contributed by atoms with van der Waals surface area (Å²) in [5.74, 6) is -0.180. The smallest absolute Gasteiger partial charge is 0.387 e. The molecule has 0 aromatic rings. The molecule has 0 spiro atoms. The number of carbonyl (C=O) groups excluding carboxylic acids is 1. The lowest BCUT2D eigenvalue weighted by atomic mass is 10.0. The van der Waals surface area contributed by atoms with E-state index in [0.29, 0.717) is 17.4 Å². The van der Waals surface area contributed by atoms with E-state index < -0.39 is 20.0 Å². The van der Waals surface area contributed by atoms with Crippen LogP contribution in [0.15, 0.2) is 48.6 Å². The van der Waals surface area contributed by atoms with Crippen molar-refractivity contribution in [2.45, 2.75) is 353 Å². The number of rotatable bonds is 64. The summed E-state index contributed by atoms with van der Waals surface area (Å²) in [5.41, 5.74) is 0. The Morgan fingerprint density at radius 1 is 0.430 bits per heavy atom. The van der Waals surface area contributed by atoms with Crippen LogP contribution in [0.5, 0.6) is 0 Å². The summed E-state index contributed by atoms with van der Waals surface area (Å²) in [6.45, 7) is 4.83. The average molecular weight is 1130 g/mol. The molecule has 0 fully saturated rings. The number of nitrogens with one attached hydrogen (secondary N) is 1. The third-order valence-corrected chi connectivity index (χ3v) is 16.8. The summed E-state index contributed by atoms with van der Waals surface area (Å²) >= 11 is 0. The summed E-state index contributed by atoms with van der Waals surface area (Å²) in [6, 6.07) is -0.863. The molecular weight excluding hydrogens is 996 g/mol. The van der Waals surface area contributed by atoms with Gasteiger partial charge in [-0.3, -0.25) is 13.8 Å². The second-order valence-corrected chi connectivity index (χ2v) is 26.4. The molecule has 0 aliphatic heterocycles.